The van der Waals surface area contributed by atoms with Crippen LogP contribution in [-0.2, 0) is 4.84 Å². The van der Waals surface area contributed by atoms with Gasteiger partial charge >= 0.3 is 0 Å². The van der Waals surface area contributed by atoms with E-state index in [4.69, 9.17) is 4.84 Å². The molecule has 1 aliphatic rings. The molecule has 0 bridgehead atoms. The number of hydrogen-bond donors (Lipinski definition) is 0. The van der Waals surface area contributed by atoms with E-state index in [1.807, 2.05) is 0 Å². The lowest BCUT2D eigenvalue weighted by Gasteiger charge is -2.28. The summed E-state index contributed by atoms with van der Waals surface area (Å²) in [4.78, 5) is 5.51. The van der Waals surface area contributed by atoms with Gasteiger partial charge in [0, 0.05) is 13.1 Å². The number of nitrogens with zero attached hydrogens (tertiary/aromatic N) is 1. The number of hydrogen-bond acceptors (Lipinski definition) is 2. The first kappa shape index (κ1) is 9.01. The first-order valence-electron chi connectivity index (χ1n) is 4.70. The Hall–Kier alpha value is -0.0800. The van der Waals surface area contributed by atoms with Crippen molar-refractivity contribution < 1.29 is 4.84 Å². The third-order valence-electron chi connectivity index (χ3n) is 2.22. The fourth-order valence-electron chi connectivity index (χ4n) is 1.33. The quantitative estimate of drug-likeness (QED) is 0.621. The summed E-state index contributed by atoms with van der Waals surface area (Å²) in [5.41, 5.74) is 0. The summed E-state index contributed by atoms with van der Waals surface area (Å²) in [6.45, 7) is 7.60. The Morgan fingerprint density at radius 3 is 2.55 bits per heavy atom. The molecule has 0 atom stereocenters. The highest BCUT2D eigenvalue weighted by molar-refractivity contribution is 4.63. The second kappa shape index (κ2) is 4.73. The molecule has 0 aromatic carbocycles. The van der Waals surface area contributed by atoms with Gasteiger partial charge in [-0.25, -0.2) is 0 Å². The molecule has 0 aromatic rings. The monoisotopic (exact) mass is 157 g/mol. The topological polar surface area (TPSA) is 12.5 Å². The molecule has 0 radical (unpaired) electrons. The summed E-state index contributed by atoms with van der Waals surface area (Å²) in [7, 11) is 0. The molecule has 1 fully saturated rings. The minimum atomic E-state index is 0.883. The molecule has 0 aromatic heterocycles. The van der Waals surface area contributed by atoms with E-state index in [1.165, 1.54) is 12.8 Å². The number of piperidine rings is 1. The van der Waals surface area contributed by atoms with Crippen LogP contribution in [-0.4, -0.2) is 24.8 Å². The molecule has 0 saturated carbocycles. The van der Waals surface area contributed by atoms with E-state index in [0.717, 1.165) is 32.0 Å². The van der Waals surface area contributed by atoms with Gasteiger partial charge in [0.1, 0.15) is 0 Å². The normalized spacial score (nSPS) is 22.4. The van der Waals surface area contributed by atoms with Gasteiger partial charge in [-0.15, -0.1) is 0 Å². The second-order valence-corrected chi connectivity index (χ2v) is 3.44. The van der Waals surface area contributed by atoms with Crippen molar-refractivity contribution in [3.8, 4) is 0 Å². The van der Waals surface area contributed by atoms with Gasteiger partial charge in [0.05, 0.1) is 6.61 Å². The largest absolute Gasteiger partial charge is 0.299 e. The zero-order valence-electron chi connectivity index (χ0n) is 7.68. The Kier molecular flexibility index (Phi) is 3.87. The van der Waals surface area contributed by atoms with Gasteiger partial charge in [-0.05, 0) is 25.2 Å². The average molecular weight is 157 g/mol. The van der Waals surface area contributed by atoms with Crippen LogP contribution >= 0.6 is 0 Å². The highest BCUT2D eigenvalue weighted by atomic mass is 16.7. The summed E-state index contributed by atoms with van der Waals surface area (Å²) >= 11 is 0. The smallest absolute Gasteiger partial charge is 0.0682 e. The first-order valence-corrected chi connectivity index (χ1v) is 4.70. The van der Waals surface area contributed by atoms with Crippen LogP contribution < -0.4 is 0 Å². The van der Waals surface area contributed by atoms with Crippen LogP contribution in [0, 0.1) is 5.92 Å². The molecule has 11 heavy (non-hydrogen) atoms. The maximum Gasteiger partial charge on any atom is 0.0682 e. The number of hydroxylamine groups is 2. The Morgan fingerprint density at radius 2 is 2.00 bits per heavy atom. The fourth-order valence-corrected chi connectivity index (χ4v) is 1.33. The van der Waals surface area contributed by atoms with Crippen LogP contribution in [0.15, 0.2) is 0 Å². The lowest BCUT2D eigenvalue weighted by Crippen LogP contribution is -2.33. The minimum Gasteiger partial charge on any atom is -0.299 e. The Balaban J connectivity index is 2.07. The molecule has 1 saturated heterocycles. The molecule has 0 spiro atoms. The van der Waals surface area contributed by atoms with Crippen molar-refractivity contribution in [2.75, 3.05) is 19.7 Å². The number of rotatable bonds is 3. The zero-order valence-corrected chi connectivity index (χ0v) is 7.68. The van der Waals surface area contributed by atoms with Crippen LogP contribution in [0.5, 0.6) is 0 Å². The van der Waals surface area contributed by atoms with Crippen LogP contribution in [0.25, 0.3) is 0 Å². The van der Waals surface area contributed by atoms with E-state index in [1.54, 1.807) is 0 Å². The van der Waals surface area contributed by atoms with Crippen LogP contribution in [0.2, 0.25) is 0 Å². The summed E-state index contributed by atoms with van der Waals surface area (Å²) in [6.07, 6.45) is 3.71. The van der Waals surface area contributed by atoms with Crippen LogP contribution in [0.1, 0.15) is 33.1 Å². The van der Waals surface area contributed by atoms with E-state index < -0.39 is 0 Å². The Labute approximate surface area is 69.5 Å². The van der Waals surface area contributed by atoms with Gasteiger partial charge in [0.2, 0.25) is 0 Å². The molecule has 0 N–H and O–H groups in total. The summed E-state index contributed by atoms with van der Waals surface area (Å²) in [5, 5.41) is 2.11. The van der Waals surface area contributed by atoms with Gasteiger partial charge in [0.25, 0.3) is 0 Å². The summed E-state index contributed by atoms with van der Waals surface area (Å²) in [6, 6.07) is 0. The van der Waals surface area contributed by atoms with Crippen molar-refractivity contribution in [2.24, 2.45) is 5.92 Å². The predicted molar refractivity (Wildman–Crippen MR) is 46.2 cm³/mol. The molecule has 1 heterocycles. The van der Waals surface area contributed by atoms with Gasteiger partial charge in [-0.3, -0.25) is 4.84 Å². The van der Waals surface area contributed by atoms with Crippen molar-refractivity contribution in [3.05, 3.63) is 0 Å². The summed E-state index contributed by atoms with van der Waals surface area (Å²) < 4.78 is 0. The lowest BCUT2D eigenvalue weighted by atomic mass is 10.0. The van der Waals surface area contributed by atoms with E-state index >= 15 is 0 Å². The first-order chi connectivity index (χ1) is 5.33. The molecule has 2 nitrogen and oxygen atoms in total. The van der Waals surface area contributed by atoms with Crippen molar-refractivity contribution in [1.82, 2.24) is 5.06 Å². The highest BCUT2D eigenvalue weighted by Crippen LogP contribution is 2.15. The maximum atomic E-state index is 5.51. The average Bonchev–Trinajstić information content (AvgIpc) is 2.04. The van der Waals surface area contributed by atoms with Crippen molar-refractivity contribution in [1.29, 1.82) is 0 Å². The minimum absolute atomic E-state index is 0.883. The third kappa shape index (κ3) is 3.21. The molecular weight excluding hydrogens is 138 g/mol. The molecule has 1 rings (SSSR count). The molecule has 66 valence electrons. The maximum absolute atomic E-state index is 5.51. The Bertz CT molecular complexity index is 95.0. The highest BCUT2D eigenvalue weighted by Gasteiger charge is 2.15. The van der Waals surface area contributed by atoms with Gasteiger partial charge in [0.15, 0.2) is 0 Å². The SMILES string of the molecule is CCCON1CCC(C)CC1. The van der Waals surface area contributed by atoms with Crippen molar-refractivity contribution in [2.45, 2.75) is 33.1 Å². The van der Waals surface area contributed by atoms with Crippen LogP contribution in [0.3, 0.4) is 0 Å². The summed E-state index contributed by atoms with van der Waals surface area (Å²) in [5.74, 6) is 0.900. The van der Waals surface area contributed by atoms with E-state index in [-0.39, 0.29) is 0 Å². The van der Waals surface area contributed by atoms with Crippen LogP contribution in [0.4, 0.5) is 0 Å². The van der Waals surface area contributed by atoms with E-state index in [2.05, 4.69) is 18.9 Å². The van der Waals surface area contributed by atoms with E-state index in [9.17, 15) is 0 Å². The molecule has 0 aliphatic carbocycles. The molecule has 0 unspecified atom stereocenters. The zero-order chi connectivity index (χ0) is 8.10. The van der Waals surface area contributed by atoms with E-state index in [0.29, 0.717) is 0 Å². The van der Waals surface area contributed by atoms with Gasteiger partial charge in [-0.2, -0.15) is 5.06 Å². The molecular formula is C9H19NO. The Morgan fingerprint density at radius 1 is 1.36 bits per heavy atom. The molecule has 0 amide bonds. The fraction of sp³-hybridized carbons (Fsp3) is 1.00. The van der Waals surface area contributed by atoms with Crippen molar-refractivity contribution in [3.63, 3.8) is 0 Å². The second-order valence-electron chi connectivity index (χ2n) is 3.44. The third-order valence-corrected chi connectivity index (χ3v) is 2.22. The van der Waals surface area contributed by atoms with Crippen molar-refractivity contribution >= 4 is 0 Å². The predicted octanol–water partition coefficient (Wildman–Crippen LogP) is 2.06. The lowest BCUT2D eigenvalue weighted by molar-refractivity contribution is -0.172. The van der Waals surface area contributed by atoms with Gasteiger partial charge < -0.3 is 0 Å². The molecule has 2 heteroatoms. The standard InChI is InChI=1S/C9H19NO/c1-3-8-11-10-6-4-9(2)5-7-10/h9H,3-8H2,1-2H3. The van der Waals surface area contributed by atoms with Gasteiger partial charge in [-0.1, -0.05) is 13.8 Å². The molecule has 1 aliphatic heterocycles.